The Morgan fingerprint density at radius 1 is 1.38 bits per heavy atom. The minimum Gasteiger partial charge on any atom is -0.349 e. The lowest BCUT2D eigenvalue weighted by Crippen LogP contribution is -2.31. The summed E-state index contributed by atoms with van der Waals surface area (Å²) in [5, 5.41) is 0. The number of alkyl halides is 1. The highest BCUT2D eigenvalue weighted by molar-refractivity contribution is 7.60. The van der Waals surface area contributed by atoms with Crippen LogP contribution in [0.2, 0.25) is 0 Å². The monoisotopic (exact) mass is 390 g/mol. The Morgan fingerprint density at radius 3 is 2.62 bits per heavy atom. The number of ether oxygens (including phenoxy) is 1. The lowest BCUT2D eigenvalue weighted by atomic mass is 10.2. The van der Waals surface area contributed by atoms with E-state index in [9.17, 15) is 23.1 Å². The predicted octanol–water partition coefficient (Wildman–Crippen LogP) is -0.612. The van der Waals surface area contributed by atoms with E-state index in [0.29, 0.717) is 0 Å². The first kappa shape index (κ1) is 19.2. The molecule has 15 heteroatoms. The van der Waals surface area contributed by atoms with Crippen LogP contribution >= 0.6 is 15.6 Å². The summed E-state index contributed by atoms with van der Waals surface area (Å²) in [7, 11) is -10.4. The first-order valence-electron chi connectivity index (χ1n) is 6.32. The Labute approximate surface area is 132 Å². The van der Waals surface area contributed by atoms with Gasteiger partial charge in [0.15, 0.2) is 0 Å². The van der Waals surface area contributed by atoms with Gasteiger partial charge in [0.25, 0.3) is 5.56 Å². The van der Waals surface area contributed by atoms with Gasteiger partial charge in [-0.3, -0.25) is 18.9 Å². The lowest BCUT2D eigenvalue weighted by Gasteiger charge is -2.17. The summed E-state index contributed by atoms with van der Waals surface area (Å²) in [6, 6.07) is 1.03. The van der Waals surface area contributed by atoms with Crippen molar-refractivity contribution in [3.8, 4) is 0 Å². The van der Waals surface area contributed by atoms with Gasteiger partial charge < -0.3 is 19.4 Å². The number of halogens is 1. The Balaban J connectivity index is 2.01. The molecule has 24 heavy (non-hydrogen) atoms. The van der Waals surface area contributed by atoms with Gasteiger partial charge in [-0.1, -0.05) is 0 Å². The highest BCUT2D eigenvalue weighted by atomic mass is 31.3. The number of aromatic amines is 1. The zero-order chi connectivity index (χ0) is 18.1. The van der Waals surface area contributed by atoms with Crippen LogP contribution in [0.25, 0.3) is 0 Å². The van der Waals surface area contributed by atoms with Crippen molar-refractivity contribution in [2.75, 3.05) is 6.61 Å². The van der Waals surface area contributed by atoms with Gasteiger partial charge in [0.1, 0.15) is 18.5 Å². The van der Waals surface area contributed by atoms with E-state index in [1.165, 1.54) is 0 Å². The minimum absolute atomic E-state index is 0.310. The Hall–Kier alpha value is -1.17. The Kier molecular flexibility index (Phi) is 5.57. The first-order chi connectivity index (χ1) is 11.0. The summed E-state index contributed by atoms with van der Waals surface area (Å²) in [6.45, 7) is -0.858. The number of H-pyrrole nitrogens is 1. The van der Waals surface area contributed by atoms with E-state index in [1.807, 2.05) is 4.98 Å². The zero-order valence-electron chi connectivity index (χ0n) is 11.7. The highest BCUT2D eigenvalue weighted by Gasteiger charge is 2.40. The summed E-state index contributed by atoms with van der Waals surface area (Å²) < 4.78 is 49.6. The van der Waals surface area contributed by atoms with Crippen molar-refractivity contribution in [1.82, 2.24) is 9.55 Å². The molecule has 2 rings (SSSR count). The summed E-state index contributed by atoms with van der Waals surface area (Å²) in [4.78, 5) is 50.5. The maximum Gasteiger partial charge on any atom is 0.481 e. The van der Waals surface area contributed by atoms with Gasteiger partial charge in [-0.05, 0) is 0 Å². The van der Waals surface area contributed by atoms with E-state index >= 15 is 0 Å². The molecule has 4 unspecified atom stereocenters. The summed E-state index contributed by atoms with van der Waals surface area (Å²) in [5.41, 5.74) is -1.49. The molecule has 0 radical (unpaired) electrons. The average molecular weight is 390 g/mol. The van der Waals surface area contributed by atoms with E-state index < -0.39 is 52.0 Å². The molecular weight excluding hydrogens is 377 g/mol. The number of nitrogens with zero attached hydrogens (tertiary/aromatic N) is 1. The molecule has 136 valence electrons. The third kappa shape index (κ3) is 5.16. The Bertz CT molecular complexity index is 802. The van der Waals surface area contributed by atoms with E-state index in [1.54, 1.807) is 0 Å². The van der Waals surface area contributed by atoms with Crippen LogP contribution < -0.4 is 11.2 Å². The van der Waals surface area contributed by atoms with Gasteiger partial charge in [0.2, 0.25) is 0 Å². The number of aromatic nitrogens is 2. The molecule has 1 aromatic heterocycles. The molecule has 4 N–H and O–H groups in total. The van der Waals surface area contributed by atoms with Gasteiger partial charge in [-0.15, -0.1) is 0 Å². The molecular formula is C9H13FN2O10P2. The smallest absolute Gasteiger partial charge is 0.349 e. The normalized spacial score (nSPS) is 27.1. The number of hydrogen-bond donors (Lipinski definition) is 4. The van der Waals surface area contributed by atoms with Crippen molar-refractivity contribution in [2.45, 2.75) is 24.9 Å². The molecule has 0 aromatic carbocycles. The lowest BCUT2D eigenvalue weighted by molar-refractivity contribution is -0.0349. The fourth-order valence-corrected chi connectivity index (χ4v) is 3.59. The van der Waals surface area contributed by atoms with Crippen molar-refractivity contribution < 1.29 is 41.8 Å². The van der Waals surface area contributed by atoms with Gasteiger partial charge in [-0.2, -0.15) is 4.31 Å². The topological polar surface area (TPSA) is 177 Å². The van der Waals surface area contributed by atoms with Crippen LogP contribution in [-0.4, -0.2) is 43.1 Å². The van der Waals surface area contributed by atoms with Crippen LogP contribution in [-0.2, 0) is 22.7 Å². The third-order valence-electron chi connectivity index (χ3n) is 2.93. The van der Waals surface area contributed by atoms with Crippen LogP contribution in [0.1, 0.15) is 12.6 Å². The highest BCUT2D eigenvalue weighted by Crippen LogP contribution is 2.57. The second-order valence-corrected chi connectivity index (χ2v) is 7.56. The summed E-state index contributed by atoms with van der Waals surface area (Å²) >= 11 is 0. The molecule has 4 atom stereocenters. The van der Waals surface area contributed by atoms with Gasteiger partial charge >= 0.3 is 21.3 Å². The average Bonchev–Trinajstić information content (AvgIpc) is 2.75. The molecule has 1 saturated heterocycles. The molecule has 1 aliphatic heterocycles. The molecule has 0 saturated carbocycles. The van der Waals surface area contributed by atoms with Crippen LogP contribution in [0, 0.1) is 0 Å². The summed E-state index contributed by atoms with van der Waals surface area (Å²) in [6.07, 6.45) is -3.41. The number of phosphoric ester groups is 1. The maximum atomic E-state index is 13.9. The van der Waals surface area contributed by atoms with E-state index in [-0.39, 0.29) is 6.42 Å². The van der Waals surface area contributed by atoms with Crippen LogP contribution in [0.5, 0.6) is 0 Å². The number of hydrogen-bond acceptors (Lipinski definition) is 7. The second kappa shape index (κ2) is 6.98. The molecule has 0 aliphatic carbocycles. The standard InChI is InChI=1S/C9H13FN2O10P2/c10-5-3-8(12-2-1-7(13)11-9(12)14)21-6(5)4-20-24(18,19)22-23(15,16)17/h1-2,5-6,8H,3-4H2,(H,18,19)(H,11,13,14)(H2,15,16,17). The molecule has 12 nitrogen and oxygen atoms in total. The second-order valence-electron chi connectivity index (χ2n) is 4.73. The Morgan fingerprint density at radius 2 is 2.04 bits per heavy atom. The van der Waals surface area contributed by atoms with Crippen LogP contribution in [0.4, 0.5) is 4.39 Å². The summed E-state index contributed by atoms with van der Waals surface area (Å²) in [5.74, 6) is 0. The fourth-order valence-electron chi connectivity index (χ4n) is 1.99. The molecule has 1 fully saturated rings. The van der Waals surface area contributed by atoms with Crippen molar-refractivity contribution in [3.63, 3.8) is 0 Å². The van der Waals surface area contributed by atoms with Crippen molar-refractivity contribution in [1.29, 1.82) is 0 Å². The zero-order valence-corrected chi connectivity index (χ0v) is 13.5. The molecule has 2 heterocycles. The van der Waals surface area contributed by atoms with Crippen molar-refractivity contribution in [3.05, 3.63) is 33.1 Å². The van der Waals surface area contributed by atoms with Crippen LogP contribution in [0.15, 0.2) is 21.9 Å². The van der Waals surface area contributed by atoms with E-state index in [4.69, 9.17) is 19.4 Å². The molecule has 0 spiro atoms. The largest absolute Gasteiger partial charge is 0.481 e. The van der Waals surface area contributed by atoms with E-state index in [0.717, 1.165) is 16.8 Å². The number of nitrogens with one attached hydrogen (secondary N) is 1. The SMILES string of the molecule is O=c1ccn(C2CC(F)C(COP(=O)(O)OP(=O)(O)O)O2)c(=O)[nH]1. The van der Waals surface area contributed by atoms with Crippen molar-refractivity contribution in [2.24, 2.45) is 0 Å². The molecule has 1 aromatic rings. The fraction of sp³-hybridized carbons (Fsp3) is 0.556. The number of phosphoric acid groups is 2. The third-order valence-corrected chi connectivity index (χ3v) is 5.09. The quantitative estimate of drug-likeness (QED) is 0.458. The van der Waals surface area contributed by atoms with Gasteiger partial charge in [0, 0.05) is 18.7 Å². The van der Waals surface area contributed by atoms with Crippen LogP contribution in [0.3, 0.4) is 0 Å². The minimum atomic E-state index is -5.29. The molecule has 0 bridgehead atoms. The number of rotatable bonds is 6. The van der Waals surface area contributed by atoms with Gasteiger partial charge in [-0.25, -0.2) is 18.3 Å². The maximum absolute atomic E-state index is 13.9. The van der Waals surface area contributed by atoms with Gasteiger partial charge in [0.05, 0.1) is 6.61 Å². The predicted molar refractivity (Wildman–Crippen MR) is 73.7 cm³/mol. The van der Waals surface area contributed by atoms with E-state index in [2.05, 4.69) is 8.83 Å². The van der Waals surface area contributed by atoms with Crippen molar-refractivity contribution >= 4 is 15.6 Å². The molecule has 0 amide bonds. The molecule has 1 aliphatic rings. The first-order valence-corrected chi connectivity index (χ1v) is 9.35.